The minimum atomic E-state index is -0.0350. The van der Waals surface area contributed by atoms with E-state index in [-0.39, 0.29) is 5.91 Å². The second kappa shape index (κ2) is 4.94. The van der Waals surface area contributed by atoms with Crippen LogP contribution in [0.15, 0.2) is 12.1 Å². The summed E-state index contributed by atoms with van der Waals surface area (Å²) in [6.07, 6.45) is 2.08. The van der Waals surface area contributed by atoms with Crippen molar-refractivity contribution >= 4 is 28.8 Å². The molecule has 2 aromatic heterocycles. The highest BCUT2D eigenvalue weighted by Gasteiger charge is 2.21. The van der Waals surface area contributed by atoms with Gasteiger partial charge in [-0.1, -0.05) is 11.6 Å². The molecule has 7 heteroatoms. The summed E-state index contributed by atoms with van der Waals surface area (Å²) >= 11 is 7.14. The fourth-order valence-corrected chi connectivity index (χ4v) is 3.27. The predicted molar refractivity (Wildman–Crippen MR) is 73.5 cm³/mol. The average molecular weight is 297 g/mol. The quantitative estimate of drug-likeness (QED) is 0.872. The van der Waals surface area contributed by atoms with Crippen molar-refractivity contribution in [3.63, 3.8) is 0 Å². The van der Waals surface area contributed by atoms with E-state index >= 15 is 0 Å². The molecule has 0 aromatic carbocycles. The van der Waals surface area contributed by atoms with E-state index in [9.17, 15) is 4.79 Å². The highest BCUT2D eigenvalue weighted by atomic mass is 35.5. The van der Waals surface area contributed by atoms with Crippen molar-refractivity contribution in [3.05, 3.63) is 33.0 Å². The number of amides is 1. The number of fused-ring (bicyclic) bond motifs is 1. The number of nitrogens with zero attached hydrogens (tertiary/aromatic N) is 4. The fourth-order valence-electron chi connectivity index (χ4n) is 2.23. The van der Waals surface area contributed by atoms with Gasteiger partial charge in [0.1, 0.15) is 5.82 Å². The maximum Gasteiger partial charge on any atom is 0.264 e. The first kappa shape index (κ1) is 12.6. The lowest BCUT2D eigenvalue weighted by Crippen LogP contribution is -2.27. The summed E-state index contributed by atoms with van der Waals surface area (Å²) in [6, 6.07) is 3.49. The first-order valence-corrected chi connectivity index (χ1v) is 7.26. The van der Waals surface area contributed by atoms with Gasteiger partial charge in [0.2, 0.25) is 0 Å². The van der Waals surface area contributed by atoms with E-state index < -0.39 is 0 Å². The number of aryl methyl sites for hydroxylation is 1. The molecule has 2 aromatic rings. The molecule has 0 bridgehead atoms. The van der Waals surface area contributed by atoms with E-state index in [1.54, 1.807) is 24.1 Å². The summed E-state index contributed by atoms with van der Waals surface area (Å²) in [5.41, 5.74) is 0. The molecule has 100 valence electrons. The minimum absolute atomic E-state index is 0.0350. The minimum Gasteiger partial charge on any atom is -0.333 e. The van der Waals surface area contributed by atoms with E-state index in [1.165, 1.54) is 11.3 Å². The molecule has 0 saturated carbocycles. The molecule has 0 saturated heterocycles. The summed E-state index contributed by atoms with van der Waals surface area (Å²) < 4.78 is 2.73. The van der Waals surface area contributed by atoms with Crippen LogP contribution in [0.4, 0.5) is 0 Å². The van der Waals surface area contributed by atoms with Crippen molar-refractivity contribution in [1.82, 2.24) is 19.7 Å². The molecule has 0 N–H and O–H groups in total. The Morgan fingerprint density at radius 3 is 3.11 bits per heavy atom. The van der Waals surface area contributed by atoms with Crippen LogP contribution in [0.2, 0.25) is 4.34 Å². The van der Waals surface area contributed by atoms with Gasteiger partial charge in [-0.3, -0.25) is 4.79 Å². The topological polar surface area (TPSA) is 51.0 Å². The van der Waals surface area contributed by atoms with Crippen LogP contribution in [0, 0.1) is 0 Å². The van der Waals surface area contributed by atoms with Gasteiger partial charge in [-0.2, -0.15) is 0 Å². The lowest BCUT2D eigenvalue weighted by Gasteiger charge is -2.15. The van der Waals surface area contributed by atoms with E-state index in [0.717, 1.165) is 31.0 Å². The van der Waals surface area contributed by atoms with Crippen LogP contribution in [0.3, 0.4) is 0 Å². The SMILES string of the molecule is CN(Cc1nnc2n1CCC2)C(=O)c1ccc(Cl)s1. The lowest BCUT2D eigenvalue weighted by atomic mass is 10.4. The Morgan fingerprint density at radius 2 is 2.37 bits per heavy atom. The molecular weight excluding hydrogens is 284 g/mol. The summed E-state index contributed by atoms with van der Waals surface area (Å²) in [7, 11) is 1.77. The number of hydrogen-bond acceptors (Lipinski definition) is 4. The maximum absolute atomic E-state index is 12.2. The molecule has 3 rings (SSSR count). The maximum atomic E-state index is 12.2. The summed E-state index contributed by atoms with van der Waals surface area (Å²) in [5.74, 6) is 1.84. The molecule has 1 aliphatic heterocycles. The molecule has 0 spiro atoms. The van der Waals surface area contributed by atoms with Crippen LogP contribution in [0.5, 0.6) is 0 Å². The third-order valence-electron chi connectivity index (χ3n) is 3.20. The van der Waals surface area contributed by atoms with Crippen LogP contribution < -0.4 is 0 Å². The van der Waals surface area contributed by atoms with Gasteiger partial charge in [0.15, 0.2) is 5.82 Å². The molecule has 0 fully saturated rings. The summed E-state index contributed by atoms with van der Waals surface area (Å²) in [4.78, 5) is 14.5. The molecule has 5 nitrogen and oxygen atoms in total. The average Bonchev–Trinajstić information content (AvgIpc) is 3.06. The summed E-state index contributed by atoms with van der Waals surface area (Å²) in [6.45, 7) is 1.42. The number of aromatic nitrogens is 3. The van der Waals surface area contributed by atoms with Crippen LogP contribution in [-0.4, -0.2) is 32.6 Å². The Kier molecular flexibility index (Phi) is 3.28. The van der Waals surface area contributed by atoms with Crippen LogP contribution >= 0.6 is 22.9 Å². The predicted octanol–water partition coefficient (Wildman–Crippen LogP) is 2.21. The Bertz CT molecular complexity index is 621. The molecule has 1 aliphatic rings. The van der Waals surface area contributed by atoms with Crippen molar-refractivity contribution in [3.8, 4) is 0 Å². The van der Waals surface area contributed by atoms with Gasteiger partial charge in [-0.05, 0) is 18.6 Å². The fraction of sp³-hybridized carbons (Fsp3) is 0.417. The third-order valence-corrected chi connectivity index (χ3v) is 4.41. The molecule has 0 radical (unpaired) electrons. The smallest absolute Gasteiger partial charge is 0.264 e. The van der Waals surface area contributed by atoms with Crippen LogP contribution in [-0.2, 0) is 19.5 Å². The zero-order chi connectivity index (χ0) is 13.4. The molecule has 3 heterocycles. The number of rotatable bonds is 3. The molecular formula is C12H13ClN4OS. The summed E-state index contributed by atoms with van der Waals surface area (Å²) in [5, 5.41) is 8.30. The zero-order valence-electron chi connectivity index (χ0n) is 10.5. The lowest BCUT2D eigenvalue weighted by molar-refractivity contribution is 0.0785. The molecule has 19 heavy (non-hydrogen) atoms. The standard InChI is InChI=1S/C12H13ClN4OS/c1-16(12(18)8-4-5-9(13)19-8)7-11-15-14-10-3-2-6-17(10)11/h4-5H,2-3,6-7H2,1H3. The largest absolute Gasteiger partial charge is 0.333 e. The molecule has 0 unspecified atom stereocenters. The second-order valence-electron chi connectivity index (χ2n) is 4.55. The van der Waals surface area contributed by atoms with Crippen molar-refractivity contribution < 1.29 is 4.79 Å². The Labute approximate surface area is 119 Å². The zero-order valence-corrected chi connectivity index (χ0v) is 12.0. The van der Waals surface area contributed by atoms with Gasteiger partial charge in [0.25, 0.3) is 5.91 Å². The monoisotopic (exact) mass is 296 g/mol. The number of carbonyl (C=O) groups excluding carboxylic acids is 1. The normalized spacial score (nSPS) is 13.6. The molecule has 0 atom stereocenters. The van der Waals surface area contributed by atoms with E-state index in [4.69, 9.17) is 11.6 Å². The van der Waals surface area contributed by atoms with Crippen LogP contribution in [0.1, 0.15) is 27.7 Å². The van der Waals surface area contributed by atoms with Gasteiger partial charge < -0.3 is 9.47 Å². The van der Waals surface area contributed by atoms with Gasteiger partial charge in [0.05, 0.1) is 15.8 Å². The van der Waals surface area contributed by atoms with Crippen molar-refractivity contribution in [1.29, 1.82) is 0 Å². The van der Waals surface area contributed by atoms with Gasteiger partial charge in [-0.15, -0.1) is 21.5 Å². The highest BCUT2D eigenvalue weighted by molar-refractivity contribution is 7.17. The van der Waals surface area contributed by atoms with Crippen molar-refractivity contribution in [2.45, 2.75) is 25.9 Å². The third kappa shape index (κ3) is 2.37. The Balaban J connectivity index is 1.74. The van der Waals surface area contributed by atoms with Gasteiger partial charge in [0, 0.05) is 20.0 Å². The number of hydrogen-bond donors (Lipinski definition) is 0. The number of halogens is 1. The van der Waals surface area contributed by atoms with Gasteiger partial charge >= 0.3 is 0 Å². The number of thiophene rings is 1. The van der Waals surface area contributed by atoms with Crippen molar-refractivity contribution in [2.75, 3.05) is 7.05 Å². The Hall–Kier alpha value is -1.40. The first-order valence-electron chi connectivity index (χ1n) is 6.07. The van der Waals surface area contributed by atoms with E-state index in [2.05, 4.69) is 14.8 Å². The van der Waals surface area contributed by atoms with Crippen molar-refractivity contribution in [2.24, 2.45) is 0 Å². The molecule has 1 amide bonds. The Morgan fingerprint density at radius 1 is 1.53 bits per heavy atom. The van der Waals surface area contributed by atoms with E-state index in [0.29, 0.717) is 15.8 Å². The highest BCUT2D eigenvalue weighted by Crippen LogP contribution is 2.23. The first-order chi connectivity index (χ1) is 9.15. The van der Waals surface area contributed by atoms with Crippen LogP contribution in [0.25, 0.3) is 0 Å². The molecule has 0 aliphatic carbocycles. The van der Waals surface area contributed by atoms with E-state index in [1.807, 2.05) is 0 Å². The second-order valence-corrected chi connectivity index (χ2v) is 6.27. The number of carbonyl (C=O) groups is 1. The van der Waals surface area contributed by atoms with Gasteiger partial charge in [-0.25, -0.2) is 0 Å².